The van der Waals surface area contributed by atoms with Crippen LogP contribution >= 0.6 is 0 Å². The van der Waals surface area contributed by atoms with Crippen LogP contribution in [0.15, 0.2) is 24.3 Å². The lowest BCUT2D eigenvalue weighted by molar-refractivity contribution is -0.132. The molecule has 1 amide bonds. The molecular weight excluding hydrogens is 244 g/mol. The number of carbonyl (C=O) groups is 1. The Morgan fingerprint density at radius 3 is 2.74 bits per heavy atom. The Morgan fingerprint density at radius 1 is 1.42 bits per heavy atom. The molecule has 0 bridgehead atoms. The fourth-order valence-electron chi connectivity index (χ4n) is 2.11. The van der Waals surface area contributed by atoms with E-state index in [1.807, 2.05) is 24.3 Å². The van der Waals surface area contributed by atoms with Gasteiger partial charge in [-0.05, 0) is 24.1 Å². The van der Waals surface area contributed by atoms with E-state index in [9.17, 15) is 4.79 Å². The molecule has 2 rings (SSSR count). The maximum Gasteiger partial charge on any atom is 0.260 e. The number of carbonyl (C=O) groups excluding carboxylic acids is 1. The predicted octanol–water partition coefficient (Wildman–Crippen LogP) is 0.771. The maximum atomic E-state index is 11.9. The number of amides is 1. The summed E-state index contributed by atoms with van der Waals surface area (Å²) < 4.78 is 10.7. The highest BCUT2D eigenvalue weighted by Gasteiger charge is 2.25. The summed E-state index contributed by atoms with van der Waals surface area (Å²) in [5.41, 5.74) is 6.56. The topological polar surface area (TPSA) is 64.8 Å². The second-order valence-corrected chi connectivity index (χ2v) is 4.62. The molecule has 1 heterocycles. The molecule has 1 aliphatic rings. The number of methoxy groups -OCH3 is 1. The van der Waals surface area contributed by atoms with Crippen LogP contribution in [-0.2, 0) is 16.1 Å². The van der Waals surface area contributed by atoms with Crippen LogP contribution in [0.2, 0.25) is 0 Å². The molecule has 2 N–H and O–H groups in total. The molecule has 0 aliphatic carbocycles. The number of ether oxygens (including phenoxy) is 2. The zero-order valence-electron chi connectivity index (χ0n) is 11.2. The van der Waals surface area contributed by atoms with Crippen molar-refractivity contribution in [3.63, 3.8) is 0 Å². The zero-order valence-corrected chi connectivity index (χ0v) is 11.2. The summed E-state index contributed by atoms with van der Waals surface area (Å²) in [4.78, 5) is 13.7. The van der Waals surface area contributed by atoms with Crippen molar-refractivity contribution in [3.8, 4) is 5.75 Å². The number of hydrogen-bond acceptors (Lipinski definition) is 4. The minimum Gasteiger partial charge on any atom is -0.484 e. The third-order valence-corrected chi connectivity index (χ3v) is 3.35. The summed E-state index contributed by atoms with van der Waals surface area (Å²) in [5, 5.41) is 0. The van der Waals surface area contributed by atoms with E-state index in [2.05, 4.69) is 0 Å². The standard InChI is InChI=1S/C14H20N2O3/c1-18-13-6-7-16(9-13)14(17)10-19-12-4-2-11(8-15)3-5-12/h2-5,13H,6-10,15H2,1H3. The van der Waals surface area contributed by atoms with Gasteiger partial charge in [-0.3, -0.25) is 4.79 Å². The van der Waals surface area contributed by atoms with E-state index in [1.165, 1.54) is 0 Å². The van der Waals surface area contributed by atoms with Gasteiger partial charge in [0.2, 0.25) is 0 Å². The van der Waals surface area contributed by atoms with Gasteiger partial charge in [0.05, 0.1) is 6.10 Å². The normalized spacial score (nSPS) is 18.6. The maximum absolute atomic E-state index is 11.9. The number of benzene rings is 1. The molecule has 1 aliphatic heterocycles. The van der Waals surface area contributed by atoms with E-state index >= 15 is 0 Å². The Balaban J connectivity index is 1.80. The van der Waals surface area contributed by atoms with Crippen LogP contribution in [0.4, 0.5) is 0 Å². The summed E-state index contributed by atoms with van der Waals surface area (Å²) >= 11 is 0. The highest BCUT2D eigenvalue weighted by Crippen LogP contribution is 2.14. The summed E-state index contributed by atoms with van der Waals surface area (Å²) in [6.07, 6.45) is 1.06. The Kier molecular flexibility index (Phi) is 4.76. The van der Waals surface area contributed by atoms with Crippen LogP contribution in [0.25, 0.3) is 0 Å². The van der Waals surface area contributed by atoms with E-state index < -0.39 is 0 Å². The van der Waals surface area contributed by atoms with Gasteiger partial charge in [0.1, 0.15) is 5.75 Å². The molecule has 19 heavy (non-hydrogen) atoms. The molecule has 0 saturated carbocycles. The Hall–Kier alpha value is -1.59. The van der Waals surface area contributed by atoms with Gasteiger partial charge >= 0.3 is 0 Å². The van der Waals surface area contributed by atoms with Crippen LogP contribution < -0.4 is 10.5 Å². The van der Waals surface area contributed by atoms with Crippen molar-refractivity contribution in [1.82, 2.24) is 4.90 Å². The first-order valence-corrected chi connectivity index (χ1v) is 6.45. The molecule has 104 valence electrons. The molecular formula is C14H20N2O3. The molecule has 1 atom stereocenters. The quantitative estimate of drug-likeness (QED) is 0.853. The van der Waals surface area contributed by atoms with Crippen LogP contribution in [0.5, 0.6) is 5.75 Å². The van der Waals surface area contributed by atoms with Crippen LogP contribution in [-0.4, -0.2) is 43.7 Å². The minimum absolute atomic E-state index is 0.00227. The molecule has 0 spiro atoms. The predicted molar refractivity (Wildman–Crippen MR) is 71.8 cm³/mol. The molecule has 5 heteroatoms. The summed E-state index contributed by atoms with van der Waals surface area (Å²) in [7, 11) is 1.67. The van der Waals surface area contributed by atoms with Gasteiger partial charge in [0, 0.05) is 26.7 Å². The second-order valence-electron chi connectivity index (χ2n) is 4.62. The molecule has 1 saturated heterocycles. The Bertz CT molecular complexity index is 419. The smallest absolute Gasteiger partial charge is 0.260 e. The molecule has 1 aromatic carbocycles. The van der Waals surface area contributed by atoms with Crippen molar-refractivity contribution in [2.45, 2.75) is 19.1 Å². The fourth-order valence-corrected chi connectivity index (χ4v) is 2.11. The summed E-state index contributed by atoms with van der Waals surface area (Å²) in [5.74, 6) is 0.690. The monoisotopic (exact) mass is 264 g/mol. The van der Waals surface area contributed by atoms with Crippen LogP contribution in [0, 0.1) is 0 Å². The first kappa shape index (κ1) is 13.8. The fraction of sp³-hybridized carbons (Fsp3) is 0.500. The highest BCUT2D eigenvalue weighted by atomic mass is 16.5. The van der Waals surface area contributed by atoms with E-state index in [0.717, 1.165) is 18.5 Å². The SMILES string of the molecule is COC1CCN(C(=O)COc2ccc(CN)cc2)C1. The van der Waals surface area contributed by atoms with Crippen molar-refractivity contribution >= 4 is 5.91 Å². The lowest BCUT2D eigenvalue weighted by atomic mass is 10.2. The van der Waals surface area contributed by atoms with Crippen LogP contribution in [0.3, 0.4) is 0 Å². The van der Waals surface area contributed by atoms with Crippen molar-refractivity contribution in [3.05, 3.63) is 29.8 Å². The van der Waals surface area contributed by atoms with Crippen molar-refractivity contribution in [2.75, 3.05) is 26.8 Å². The van der Waals surface area contributed by atoms with E-state index in [1.54, 1.807) is 12.0 Å². The molecule has 0 radical (unpaired) electrons. The van der Waals surface area contributed by atoms with Gasteiger partial charge < -0.3 is 20.1 Å². The number of nitrogens with zero attached hydrogens (tertiary/aromatic N) is 1. The van der Waals surface area contributed by atoms with Gasteiger partial charge in [0.25, 0.3) is 5.91 Å². The van der Waals surface area contributed by atoms with Crippen molar-refractivity contribution < 1.29 is 14.3 Å². The van der Waals surface area contributed by atoms with Gasteiger partial charge in [-0.1, -0.05) is 12.1 Å². The van der Waals surface area contributed by atoms with E-state index in [4.69, 9.17) is 15.2 Å². The lowest BCUT2D eigenvalue weighted by Crippen LogP contribution is -2.33. The number of nitrogens with two attached hydrogens (primary N) is 1. The number of likely N-dealkylation sites (tertiary alicyclic amines) is 1. The van der Waals surface area contributed by atoms with Gasteiger partial charge in [0.15, 0.2) is 6.61 Å². The molecule has 1 unspecified atom stereocenters. The summed E-state index contributed by atoms with van der Waals surface area (Å²) in [6.45, 7) is 1.97. The molecule has 1 fully saturated rings. The van der Waals surface area contributed by atoms with Gasteiger partial charge in [-0.25, -0.2) is 0 Å². The third kappa shape index (κ3) is 3.68. The van der Waals surface area contributed by atoms with E-state index in [0.29, 0.717) is 18.8 Å². The van der Waals surface area contributed by atoms with Gasteiger partial charge in [-0.2, -0.15) is 0 Å². The molecule has 1 aromatic rings. The van der Waals surface area contributed by atoms with Crippen molar-refractivity contribution in [2.24, 2.45) is 5.73 Å². The average molecular weight is 264 g/mol. The zero-order chi connectivity index (χ0) is 13.7. The molecule has 0 aromatic heterocycles. The third-order valence-electron chi connectivity index (χ3n) is 3.35. The average Bonchev–Trinajstić information content (AvgIpc) is 2.94. The highest BCUT2D eigenvalue weighted by molar-refractivity contribution is 5.78. The summed E-state index contributed by atoms with van der Waals surface area (Å²) in [6, 6.07) is 7.46. The lowest BCUT2D eigenvalue weighted by Gasteiger charge is -2.16. The van der Waals surface area contributed by atoms with Crippen LogP contribution in [0.1, 0.15) is 12.0 Å². The first-order chi connectivity index (χ1) is 9.22. The minimum atomic E-state index is 0.00227. The Morgan fingerprint density at radius 2 is 2.16 bits per heavy atom. The number of rotatable bonds is 5. The van der Waals surface area contributed by atoms with E-state index in [-0.39, 0.29) is 18.6 Å². The number of hydrogen-bond donors (Lipinski definition) is 1. The second kappa shape index (κ2) is 6.54. The molecule has 5 nitrogen and oxygen atoms in total. The first-order valence-electron chi connectivity index (χ1n) is 6.45. The largest absolute Gasteiger partial charge is 0.484 e. The Labute approximate surface area is 113 Å². The van der Waals surface area contributed by atoms with Crippen molar-refractivity contribution in [1.29, 1.82) is 0 Å². The van der Waals surface area contributed by atoms with Gasteiger partial charge in [-0.15, -0.1) is 0 Å².